The number of rotatable bonds is 3. The average Bonchev–Trinajstić information content (AvgIpc) is 2.60. The highest BCUT2D eigenvalue weighted by atomic mass is 79.9. The van der Waals surface area contributed by atoms with Crippen LogP contribution in [0.1, 0.15) is 4.88 Å². The highest BCUT2D eigenvalue weighted by Crippen LogP contribution is 2.27. The molecule has 1 aliphatic rings. The quantitative estimate of drug-likeness (QED) is 0.923. The van der Waals surface area contributed by atoms with Crippen LogP contribution in [-0.2, 0) is 16.1 Å². The molecule has 0 atom stereocenters. The Morgan fingerprint density at radius 1 is 1.69 bits per heavy atom. The minimum absolute atomic E-state index is 0.198. The molecule has 0 bridgehead atoms. The average molecular weight is 301 g/mol. The molecule has 0 saturated carbocycles. The minimum Gasteiger partial charge on any atom is -0.377 e. The zero-order chi connectivity index (χ0) is 11.6. The number of amides is 1. The van der Waals surface area contributed by atoms with Crippen molar-refractivity contribution < 1.29 is 9.53 Å². The van der Waals surface area contributed by atoms with Crippen LogP contribution in [0.4, 0.5) is 0 Å². The van der Waals surface area contributed by atoms with Crippen molar-refractivity contribution in [3.8, 4) is 6.07 Å². The van der Waals surface area contributed by atoms with Gasteiger partial charge in [-0.05, 0) is 28.1 Å². The number of hydrogen-bond donors (Lipinski definition) is 1. The number of nitriles is 1. The van der Waals surface area contributed by atoms with Gasteiger partial charge in [0.1, 0.15) is 0 Å². The standard InChI is InChI=1S/C10H9BrN2O2S/c11-8-2-1-7(16-8)3-13-9(14)10(4-12)5-15-6-10/h1-2H,3,5-6H2,(H,13,14). The predicted molar refractivity (Wildman–Crippen MR) is 62.7 cm³/mol. The zero-order valence-corrected chi connectivity index (χ0v) is 10.7. The highest BCUT2D eigenvalue weighted by molar-refractivity contribution is 9.11. The number of ether oxygens (including phenoxy) is 1. The van der Waals surface area contributed by atoms with Crippen LogP contribution in [0.2, 0.25) is 0 Å². The minimum atomic E-state index is -0.964. The van der Waals surface area contributed by atoms with Crippen LogP contribution in [0.5, 0.6) is 0 Å². The maximum atomic E-state index is 11.7. The first-order valence-electron chi connectivity index (χ1n) is 4.68. The van der Waals surface area contributed by atoms with Crippen molar-refractivity contribution >= 4 is 33.2 Å². The van der Waals surface area contributed by atoms with Gasteiger partial charge in [0, 0.05) is 4.88 Å². The molecule has 0 unspecified atom stereocenters. The molecule has 0 radical (unpaired) electrons. The monoisotopic (exact) mass is 300 g/mol. The lowest BCUT2D eigenvalue weighted by Crippen LogP contribution is -2.52. The van der Waals surface area contributed by atoms with Crippen molar-refractivity contribution in [2.45, 2.75) is 6.54 Å². The zero-order valence-electron chi connectivity index (χ0n) is 8.33. The third kappa shape index (κ3) is 2.12. The smallest absolute Gasteiger partial charge is 0.245 e. The molecule has 16 heavy (non-hydrogen) atoms. The molecular formula is C10H9BrN2O2S. The topological polar surface area (TPSA) is 62.1 Å². The molecule has 0 spiro atoms. The van der Waals surface area contributed by atoms with E-state index in [0.29, 0.717) is 6.54 Å². The summed E-state index contributed by atoms with van der Waals surface area (Å²) in [4.78, 5) is 12.8. The SMILES string of the molecule is N#CC1(C(=O)NCc2ccc(Br)s2)COC1. The number of carbonyl (C=O) groups is 1. The third-order valence-electron chi connectivity index (χ3n) is 2.40. The Hall–Kier alpha value is -0.900. The summed E-state index contributed by atoms with van der Waals surface area (Å²) in [5.41, 5.74) is -0.964. The number of nitrogens with one attached hydrogen (secondary N) is 1. The van der Waals surface area contributed by atoms with Crippen LogP contribution in [0.3, 0.4) is 0 Å². The first kappa shape index (κ1) is 11.6. The van der Waals surface area contributed by atoms with Crippen LogP contribution >= 0.6 is 27.3 Å². The summed E-state index contributed by atoms with van der Waals surface area (Å²) in [5.74, 6) is -0.245. The van der Waals surface area contributed by atoms with Gasteiger partial charge in [0.15, 0.2) is 5.41 Å². The van der Waals surface area contributed by atoms with Gasteiger partial charge in [-0.2, -0.15) is 5.26 Å². The fraction of sp³-hybridized carbons (Fsp3) is 0.400. The molecule has 0 aromatic carbocycles. The molecule has 4 nitrogen and oxygen atoms in total. The van der Waals surface area contributed by atoms with E-state index in [4.69, 9.17) is 10.00 Å². The second kappa shape index (κ2) is 4.53. The Morgan fingerprint density at radius 2 is 2.44 bits per heavy atom. The van der Waals surface area contributed by atoms with E-state index in [2.05, 4.69) is 21.2 Å². The number of thiophene rings is 1. The van der Waals surface area contributed by atoms with Crippen molar-refractivity contribution in [2.24, 2.45) is 5.41 Å². The molecule has 2 heterocycles. The molecule has 84 valence electrons. The number of hydrogen-bond acceptors (Lipinski definition) is 4. The van der Waals surface area contributed by atoms with E-state index in [-0.39, 0.29) is 19.1 Å². The molecule has 1 amide bonds. The predicted octanol–water partition coefficient (Wildman–Crippen LogP) is 1.67. The van der Waals surface area contributed by atoms with E-state index in [0.717, 1.165) is 8.66 Å². The molecule has 1 fully saturated rings. The van der Waals surface area contributed by atoms with Gasteiger partial charge < -0.3 is 10.1 Å². The van der Waals surface area contributed by atoms with Gasteiger partial charge >= 0.3 is 0 Å². The molecule has 6 heteroatoms. The van der Waals surface area contributed by atoms with Crippen LogP contribution < -0.4 is 5.32 Å². The molecule has 1 aliphatic heterocycles. The number of nitrogens with zero attached hydrogens (tertiary/aromatic N) is 1. The van der Waals surface area contributed by atoms with Gasteiger partial charge in [-0.15, -0.1) is 11.3 Å². The molecule has 1 saturated heterocycles. The second-order valence-electron chi connectivity index (χ2n) is 3.58. The summed E-state index contributed by atoms with van der Waals surface area (Å²) in [7, 11) is 0. The summed E-state index contributed by atoms with van der Waals surface area (Å²) in [6.45, 7) is 0.853. The molecule has 0 aliphatic carbocycles. The van der Waals surface area contributed by atoms with Crippen molar-refractivity contribution in [3.63, 3.8) is 0 Å². The fourth-order valence-corrected chi connectivity index (χ4v) is 2.76. The molecular weight excluding hydrogens is 292 g/mol. The first-order valence-corrected chi connectivity index (χ1v) is 6.29. The van der Waals surface area contributed by atoms with Crippen LogP contribution in [0.15, 0.2) is 15.9 Å². The lowest BCUT2D eigenvalue weighted by atomic mass is 9.87. The summed E-state index contributed by atoms with van der Waals surface area (Å²) in [5, 5.41) is 11.7. The van der Waals surface area contributed by atoms with Gasteiger partial charge in [-0.3, -0.25) is 4.79 Å². The number of halogens is 1. The van der Waals surface area contributed by atoms with E-state index in [1.807, 2.05) is 18.2 Å². The van der Waals surface area contributed by atoms with E-state index in [9.17, 15) is 4.79 Å². The van der Waals surface area contributed by atoms with Gasteiger partial charge in [-0.25, -0.2) is 0 Å². The van der Waals surface area contributed by atoms with E-state index in [1.54, 1.807) is 11.3 Å². The van der Waals surface area contributed by atoms with Gasteiger partial charge in [0.25, 0.3) is 0 Å². The van der Waals surface area contributed by atoms with Crippen molar-refractivity contribution in [1.29, 1.82) is 5.26 Å². The van der Waals surface area contributed by atoms with E-state index in [1.165, 1.54) is 0 Å². The lowest BCUT2D eigenvalue weighted by Gasteiger charge is -2.33. The van der Waals surface area contributed by atoms with E-state index >= 15 is 0 Å². The van der Waals surface area contributed by atoms with E-state index < -0.39 is 5.41 Å². The number of carbonyl (C=O) groups excluding carboxylic acids is 1. The summed E-state index contributed by atoms with van der Waals surface area (Å²) < 4.78 is 5.94. The maximum absolute atomic E-state index is 11.7. The fourth-order valence-electron chi connectivity index (χ4n) is 1.34. The van der Waals surface area contributed by atoms with Crippen LogP contribution in [-0.4, -0.2) is 19.1 Å². The largest absolute Gasteiger partial charge is 0.377 e. The van der Waals surface area contributed by atoms with Crippen molar-refractivity contribution in [2.75, 3.05) is 13.2 Å². The Labute approximate surface area is 105 Å². The molecule has 1 aromatic heterocycles. The Balaban J connectivity index is 1.91. The summed E-state index contributed by atoms with van der Waals surface area (Å²) >= 11 is 4.91. The Bertz CT molecular complexity index is 448. The Morgan fingerprint density at radius 3 is 2.88 bits per heavy atom. The Kier molecular flexibility index (Phi) is 3.28. The normalized spacial score (nSPS) is 17.2. The molecule has 1 N–H and O–H groups in total. The summed E-state index contributed by atoms with van der Waals surface area (Å²) in [6.07, 6.45) is 0. The summed E-state index contributed by atoms with van der Waals surface area (Å²) in [6, 6.07) is 5.88. The molecule has 2 rings (SSSR count). The maximum Gasteiger partial charge on any atom is 0.245 e. The van der Waals surface area contributed by atoms with Crippen LogP contribution in [0.25, 0.3) is 0 Å². The highest BCUT2D eigenvalue weighted by Gasteiger charge is 2.46. The van der Waals surface area contributed by atoms with Gasteiger partial charge in [-0.1, -0.05) is 0 Å². The van der Waals surface area contributed by atoms with Crippen LogP contribution in [0, 0.1) is 16.7 Å². The van der Waals surface area contributed by atoms with Gasteiger partial charge in [0.2, 0.25) is 5.91 Å². The first-order chi connectivity index (χ1) is 7.66. The molecule has 1 aromatic rings. The van der Waals surface area contributed by atoms with Crippen molar-refractivity contribution in [3.05, 3.63) is 20.8 Å². The lowest BCUT2D eigenvalue weighted by molar-refractivity contribution is -0.150. The third-order valence-corrected chi connectivity index (χ3v) is 4.02. The van der Waals surface area contributed by atoms with Crippen molar-refractivity contribution in [1.82, 2.24) is 5.32 Å². The second-order valence-corrected chi connectivity index (χ2v) is 6.12. The van der Waals surface area contributed by atoms with Gasteiger partial charge in [0.05, 0.1) is 29.6 Å².